The fraction of sp³-hybridized carbons (Fsp3) is 0.174. The summed E-state index contributed by atoms with van der Waals surface area (Å²) in [6, 6.07) is 11.3. The minimum Gasteiger partial charge on any atom is -0.363 e. The van der Waals surface area contributed by atoms with E-state index in [-0.39, 0.29) is 11.6 Å². The van der Waals surface area contributed by atoms with Crippen molar-refractivity contribution in [2.45, 2.75) is 19.5 Å². The lowest BCUT2D eigenvalue weighted by Crippen LogP contribution is -2.32. The van der Waals surface area contributed by atoms with E-state index in [1.165, 1.54) is 6.33 Å². The van der Waals surface area contributed by atoms with Crippen LogP contribution in [0.15, 0.2) is 55.1 Å². The van der Waals surface area contributed by atoms with E-state index in [2.05, 4.69) is 30.1 Å². The second-order valence-electron chi connectivity index (χ2n) is 7.33. The topological polar surface area (TPSA) is 71.2 Å². The van der Waals surface area contributed by atoms with Crippen LogP contribution >= 0.6 is 0 Å². The standard InChI is InChI=1S/C23H18FN7/c1-25-18-5-4-16-9-15(11-27-20(16)10-18)12-28-22-21(24)23(30-14-29-22)31-8-6-19-17(13-31)3-2-7-26-19/h2-5,7,9-11,14H,6,8,12-13H2,(H,28,29,30). The maximum atomic E-state index is 15.2. The average Bonchev–Trinajstić information content (AvgIpc) is 2.82. The number of anilines is 2. The predicted molar refractivity (Wildman–Crippen MR) is 116 cm³/mol. The van der Waals surface area contributed by atoms with Gasteiger partial charge >= 0.3 is 0 Å². The molecule has 4 aromatic rings. The fourth-order valence-electron chi connectivity index (χ4n) is 3.76. The molecule has 0 unspecified atom stereocenters. The van der Waals surface area contributed by atoms with Gasteiger partial charge in [-0.2, -0.15) is 4.39 Å². The molecule has 1 N–H and O–H groups in total. The first-order chi connectivity index (χ1) is 15.2. The maximum Gasteiger partial charge on any atom is 0.207 e. The number of nitrogens with zero attached hydrogens (tertiary/aromatic N) is 6. The summed E-state index contributed by atoms with van der Waals surface area (Å²) in [5, 5.41) is 3.99. The highest BCUT2D eigenvalue weighted by atomic mass is 19.1. The van der Waals surface area contributed by atoms with Crippen LogP contribution in [0.2, 0.25) is 0 Å². The zero-order chi connectivity index (χ0) is 21.2. The first-order valence-electron chi connectivity index (χ1n) is 9.89. The molecule has 1 aromatic carbocycles. The van der Waals surface area contributed by atoms with Gasteiger partial charge in [0, 0.05) is 44.1 Å². The molecule has 1 aliphatic rings. The van der Waals surface area contributed by atoms with Crippen molar-refractivity contribution < 1.29 is 4.39 Å². The highest BCUT2D eigenvalue weighted by Gasteiger charge is 2.22. The molecule has 0 radical (unpaired) electrons. The third kappa shape index (κ3) is 3.73. The Bertz CT molecular complexity index is 1320. The Morgan fingerprint density at radius 1 is 1.13 bits per heavy atom. The Hall–Kier alpha value is -4.12. The van der Waals surface area contributed by atoms with E-state index in [9.17, 15) is 0 Å². The second-order valence-corrected chi connectivity index (χ2v) is 7.33. The molecule has 31 heavy (non-hydrogen) atoms. The van der Waals surface area contributed by atoms with Gasteiger partial charge in [0.05, 0.1) is 12.1 Å². The van der Waals surface area contributed by atoms with Gasteiger partial charge in [-0.05, 0) is 34.7 Å². The number of nitrogens with one attached hydrogen (secondary N) is 1. The number of benzene rings is 1. The molecule has 0 saturated heterocycles. The molecule has 4 heterocycles. The Morgan fingerprint density at radius 2 is 2.06 bits per heavy atom. The van der Waals surface area contributed by atoms with Crippen molar-refractivity contribution in [1.82, 2.24) is 19.9 Å². The van der Waals surface area contributed by atoms with E-state index in [0.717, 1.165) is 34.1 Å². The first-order valence-corrected chi connectivity index (χ1v) is 9.89. The number of halogens is 1. The molecule has 0 aliphatic carbocycles. The molecule has 152 valence electrons. The Labute approximate surface area is 178 Å². The van der Waals surface area contributed by atoms with Gasteiger partial charge in [-0.15, -0.1) is 0 Å². The number of fused-ring (bicyclic) bond motifs is 2. The molecule has 8 heteroatoms. The summed E-state index contributed by atoms with van der Waals surface area (Å²) in [6.45, 7) is 8.69. The second kappa shape index (κ2) is 7.95. The number of pyridine rings is 2. The van der Waals surface area contributed by atoms with Gasteiger partial charge in [-0.3, -0.25) is 9.97 Å². The van der Waals surface area contributed by atoms with Gasteiger partial charge in [0.15, 0.2) is 17.3 Å². The van der Waals surface area contributed by atoms with Crippen molar-refractivity contribution >= 4 is 28.2 Å². The van der Waals surface area contributed by atoms with Crippen LogP contribution in [0.3, 0.4) is 0 Å². The minimum atomic E-state index is -0.467. The van der Waals surface area contributed by atoms with Gasteiger partial charge < -0.3 is 10.2 Å². The smallest absolute Gasteiger partial charge is 0.207 e. The molecular formula is C23H18FN7. The van der Waals surface area contributed by atoms with Gasteiger partial charge in [0.2, 0.25) is 5.82 Å². The molecule has 0 bridgehead atoms. The molecule has 0 amide bonds. The van der Waals surface area contributed by atoms with Gasteiger partial charge in [0.1, 0.15) is 6.33 Å². The molecule has 3 aromatic heterocycles. The average molecular weight is 411 g/mol. The Morgan fingerprint density at radius 3 is 2.97 bits per heavy atom. The summed E-state index contributed by atoms with van der Waals surface area (Å²) in [5.74, 6) is -0.0222. The first kappa shape index (κ1) is 18.9. The van der Waals surface area contributed by atoms with Crippen LogP contribution in [0.4, 0.5) is 21.7 Å². The SMILES string of the molecule is [C-]#[N+]c1ccc2cc(CNc3ncnc(N4CCc5ncccc5C4)c3F)cnc2c1. The van der Waals surface area contributed by atoms with Crippen LogP contribution in [0.25, 0.3) is 15.7 Å². The van der Waals surface area contributed by atoms with Gasteiger partial charge in [-0.25, -0.2) is 14.8 Å². The lowest BCUT2D eigenvalue weighted by Gasteiger charge is -2.29. The van der Waals surface area contributed by atoms with Crippen molar-refractivity contribution in [2.75, 3.05) is 16.8 Å². The summed E-state index contributed by atoms with van der Waals surface area (Å²) in [7, 11) is 0. The number of hydrogen-bond donors (Lipinski definition) is 1. The normalized spacial score (nSPS) is 13.0. The van der Waals surface area contributed by atoms with Crippen molar-refractivity contribution in [2.24, 2.45) is 0 Å². The van der Waals surface area contributed by atoms with Gasteiger partial charge in [0.25, 0.3) is 0 Å². The lowest BCUT2D eigenvalue weighted by atomic mass is 10.1. The third-order valence-electron chi connectivity index (χ3n) is 5.35. The molecule has 1 aliphatic heterocycles. The zero-order valence-corrected chi connectivity index (χ0v) is 16.6. The van der Waals surface area contributed by atoms with Crippen LogP contribution in [0, 0.1) is 12.4 Å². The fourth-order valence-corrected chi connectivity index (χ4v) is 3.76. The summed E-state index contributed by atoms with van der Waals surface area (Å²) in [4.78, 5) is 22.4. The number of rotatable bonds is 4. The molecule has 0 saturated carbocycles. The van der Waals surface area contributed by atoms with E-state index < -0.39 is 5.82 Å². The van der Waals surface area contributed by atoms with Crippen LogP contribution in [0.5, 0.6) is 0 Å². The molecule has 0 atom stereocenters. The van der Waals surface area contributed by atoms with E-state index in [4.69, 9.17) is 6.57 Å². The van der Waals surface area contributed by atoms with Crippen LogP contribution in [0.1, 0.15) is 16.8 Å². The molecule has 7 nitrogen and oxygen atoms in total. The molecule has 0 fully saturated rings. The van der Waals surface area contributed by atoms with E-state index in [0.29, 0.717) is 25.3 Å². The van der Waals surface area contributed by atoms with E-state index >= 15 is 4.39 Å². The summed E-state index contributed by atoms with van der Waals surface area (Å²) >= 11 is 0. The van der Waals surface area contributed by atoms with Crippen LogP contribution in [-0.4, -0.2) is 26.5 Å². The van der Waals surface area contributed by atoms with Crippen molar-refractivity contribution in [3.05, 3.63) is 89.2 Å². The third-order valence-corrected chi connectivity index (χ3v) is 5.35. The van der Waals surface area contributed by atoms with Gasteiger partial charge in [-0.1, -0.05) is 18.2 Å². The monoisotopic (exact) mass is 411 g/mol. The largest absolute Gasteiger partial charge is 0.363 e. The van der Waals surface area contributed by atoms with Crippen molar-refractivity contribution in [3.63, 3.8) is 0 Å². The minimum absolute atomic E-state index is 0.158. The van der Waals surface area contributed by atoms with Crippen LogP contribution in [-0.2, 0) is 19.5 Å². The summed E-state index contributed by atoms with van der Waals surface area (Å²) < 4.78 is 15.2. The van der Waals surface area contributed by atoms with E-state index in [1.54, 1.807) is 24.5 Å². The van der Waals surface area contributed by atoms with Crippen molar-refractivity contribution in [3.8, 4) is 0 Å². The zero-order valence-electron chi connectivity index (χ0n) is 16.6. The highest BCUT2D eigenvalue weighted by Crippen LogP contribution is 2.27. The van der Waals surface area contributed by atoms with E-state index in [1.807, 2.05) is 29.2 Å². The lowest BCUT2D eigenvalue weighted by molar-refractivity contribution is 0.594. The Kier molecular flexibility index (Phi) is 4.84. The van der Waals surface area contributed by atoms with Crippen LogP contribution < -0.4 is 10.2 Å². The summed E-state index contributed by atoms with van der Waals surface area (Å²) in [6.07, 6.45) is 5.63. The number of hydrogen-bond acceptors (Lipinski definition) is 6. The quantitative estimate of drug-likeness (QED) is 0.506. The molecule has 5 rings (SSSR count). The molecular weight excluding hydrogens is 393 g/mol. The predicted octanol–water partition coefficient (Wildman–Crippen LogP) is 4.28. The number of aromatic nitrogens is 4. The van der Waals surface area contributed by atoms with Crippen molar-refractivity contribution in [1.29, 1.82) is 0 Å². The Balaban J connectivity index is 1.34. The molecule has 0 spiro atoms. The highest BCUT2D eigenvalue weighted by molar-refractivity contribution is 5.82. The summed E-state index contributed by atoms with van der Waals surface area (Å²) in [5.41, 5.74) is 4.34. The maximum absolute atomic E-state index is 15.2.